The molecule has 0 aliphatic heterocycles. The molecule has 1 saturated carbocycles. The summed E-state index contributed by atoms with van der Waals surface area (Å²) in [6.07, 6.45) is 4.18. The minimum absolute atomic E-state index is 0.616. The molecule has 0 amide bonds. The minimum atomic E-state index is 0.616. The van der Waals surface area contributed by atoms with E-state index < -0.39 is 0 Å². The predicted octanol–water partition coefficient (Wildman–Crippen LogP) is 3.55. The summed E-state index contributed by atoms with van der Waals surface area (Å²) in [6, 6.07) is 9.08. The summed E-state index contributed by atoms with van der Waals surface area (Å²) in [7, 11) is 0. The van der Waals surface area contributed by atoms with Gasteiger partial charge in [0.25, 0.3) is 0 Å². The largest absolute Gasteiger partial charge is 0.0625 e. The van der Waals surface area contributed by atoms with Gasteiger partial charge in [-0.1, -0.05) is 38.1 Å². The van der Waals surface area contributed by atoms with Crippen molar-refractivity contribution in [3.8, 4) is 0 Å². The second kappa shape index (κ2) is 2.62. The van der Waals surface area contributed by atoms with Crippen LogP contribution >= 0.6 is 0 Å². The lowest BCUT2D eigenvalue weighted by Crippen LogP contribution is -2.08. The number of aryl methyl sites for hydroxylation is 1. The maximum Gasteiger partial charge on any atom is -0.000707 e. The Morgan fingerprint density at radius 1 is 1.29 bits per heavy atom. The zero-order valence-corrected chi connectivity index (χ0v) is 9.09. The van der Waals surface area contributed by atoms with Gasteiger partial charge in [-0.25, -0.2) is 0 Å². The third kappa shape index (κ3) is 0.945. The monoisotopic (exact) mass is 186 g/mol. The van der Waals surface area contributed by atoms with Crippen molar-refractivity contribution in [3.05, 3.63) is 35.4 Å². The van der Waals surface area contributed by atoms with Crippen molar-refractivity contribution in [2.75, 3.05) is 0 Å². The van der Waals surface area contributed by atoms with Crippen LogP contribution in [0.15, 0.2) is 24.3 Å². The summed E-state index contributed by atoms with van der Waals surface area (Å²) in [6.45, 7) is 4.75. The van der Waals surface area contributed by atoms with Crippen LogP contribution in [0.25, 0.3) is 0 Å². The lowest BCUT2D eigenvalue weighted by molar-refractivity contribution is 0.477. The summed E-state index contributed by atoms with van der Waals surface area (Å²) in [5, 5.41) is 0. The van der Waals surface area contributed by atoms with Gasteiger partial charge in [-0.15, -0.1) is 0 Å². The molecule has 1 fully saturated rings. The van der Waals surface area contributed by atoms with E-state index in [-0.39, 0.29) is 0 Å². The fraction of sp³-hybridized carbons (Fsp3) is 0.571. The second-order valence-corrected chi connectivity index (χ2v) is 5.37. The second-order valence-electron chi connectivity index (χ2n) is 5.37. The number of fused-ring (bicyclic) bond motifs is 2. The molecule has 2 aliphatic carbocycles. The topological polar surface area (TPSA) is 0 Å². The summed E-state index contributed by atoms with van der Waals surface area (Å²) in [5.41, 5.74) is 3.92. The first-order valence-corrected chi connectivity index (χ1v) is 5.82. The van der Waals surface area contributed by atoms with Crippen molar-refractivity contribution in [1.82, 2.24) is 0 Å². The normalized spacial score (nSPS) is 33.8. The molecule has 2 aliphatic rings. The Balaban J connectivity index is 2.00. The highest BCUT2D eigenvalue weighted by molar-refractivity contribution is 5.45. The van der Waals surface area contributed by atoms with Crippen LogP contribution in [0.4, 0.5) is 0 Å². The Labute approximate surface area is 86.3 Å². The lowest BCUT2D eigenvalue weighted by Gasteiger charge is -2.13. The van der Waals surface area contributed by atoms with Crippen LogP contribution in [0.3, 0.4) is 0 Å². The van der Waals surface area contributed by atoms with E-state index in [1.165, 1.54) is 19.3 Å². The molecule has 0 N–H and O–H groups in total. The van der Waals surface area contributed by atoms with Gasteiger partial charge in [-0.3, -0.25) is 0 Å². The Morgan fingerprint density at radius 2 is 2.07 bits per heavy atom. The summed E-state index contributed by atoms with van der Waals surface area (Å²) in [4.78, 5) is 0. The standard InChI is InChI=1S/C14H18/c1-10(2)13-9-14(13)8-7-11-5-3-4-6-12(11)14/h3-6,10,13H,7-9H2,1-2H3. The zero-order valence-electron chi connectivity index (χ0n) is 9.09. The molecule has 2 unspecified atom stereocenters. The molecule has 1 aromatic rings. The molecule has 0 heterocycles. The molecule has 74 valence electrons. The van der Waals surface area contributed by atoms with E-state index in [2.05, 4.69) is 38.1 Å². The molecule has 0 bridgehead atoms. The van der Waals surface area contributed by atoms with Gasteiger partial charge < -0.3 is 0 Å². The summed E-state index contributed by atoms with van der Waals surface area (Å²) >= 11 is 0. The Hall–Kier alpha value is -0.780. The molecule has 0 heteroatoms. The van der Waals surface area contributed by atoms with Crippen LogP contribution < -0.4 is 0 Å². The average molecular weight is 186 g/mol. The van der Waals surface area contributed by atoms with Gasteiger partial charge in [0.1, 0.15) is 0 Å². The number of hydrogen-bond acceptors (Lipinski definition) is 0. The van der Waals surface area contributed by atoms with Crippen molar-refractivity contribution in [2.24, 2.45) is 11.8 Å². The van der Waals surface area contributed by atoms with E-state index >= 15 is 0 Å². The number of hydrogen-bond donors (Lipinski definition) is 0. The van der Waals surface area contributed by atoms with Crippen molar-refractivity contribution in [1.29, 1.82) is 0 Å². The molecule has 0 radical (unpaired) electrons. The maximum absolute atomic E-state index is 2.38. The highest BCUT2D eigenvalue weighted by Gasteiger charge is 2.58. The van der Waals surface area contributed by atoms with Crippen LogP contribution in [-0.4, -0.2) is 0 Å². The average Bonchev–Trinajstić information content (AvgIpc) is 2.80. The fourth-order valence-corrected chi connectivity index (χ4v) is 3.52. The molecule has 14 heavy (non-hydrogen) atoms. The number of rotatable bonds is 1. The smallest absolute Gasteiger partial charge is 0.000707 e. The van der Waals surface area contributed by atoms with E-state index in [0.717, 1.165) is 11.8 Å². The molecular weight excluding hydrogens is 168 g/mol. The van der Waals surface area contributed by atoms with Crippen molar-refractivity contribution in [2.45, 2.75) is 38.5 Å². The van der Waals surface area contributed by atoms with E-state index in [4.69, 9.17) is 0 Å². The molecule has 2 atom stereocenters. The van der Waals surface area contributed by atoms with E-state index in [9.17, 15) is 0 Å². The van der Waals surface area contributed by atoms with Crippen LogP contribution in [0.2, 0.25) is 0 Å². The van der Waals surface area contributed by atoms with Crippen molar-refractivity contribution >= 4 is 0 Å². The Bertz CT molecular complexity index is 364. The Morgan fingerprint density at radius 3 is 2.79 bits per heavy atom. The van der Waals surface area contributed by atoms with Gasteiger partial charge >= 0.3 is 0 Å². The molecule has 3 rings (SSSR count). The first kappa shape index (κ1) is 8.52. The van der Waals surface area contributed by atoms with E-state index in [1.807, 2.05) is 0 Å². The molecule has 1 spiro atoms. The third-order valence-electron chi connectivity index (χ3n) is 4.33. The third-order valence-corrected chi connectivity index (χ3v) is 4.33. The first-order chi connectivity index (χ1) is 6.74. The quantitative estimate of drug-likeness (QED) is 0.629. The predicted molar refractivity (Wildman–Crippen MR) is 59.4 cm³/mol. The van der Waals surface area contributed by atoms with Gasteiger partial charge in [0, 0.05) is 0 Å². The van der Waals surface area contributed by atoms with Gasteiger partial charge in [0.2, 0.25) is 0 Å². The zero-order chi connectivity index (χ0) is 9.76. The molecule has 0 aromatic heterocycles. The highest BCUT2D eigenvalue weighted by Crippen LogP contribution is 2.63. The molecule has 1 aromatic carbocycles. The first-order valence-electron chi connectivity index (χ1n) is 5.82. The molecular formula is C14H18. The molecule has 0 saturated heterocycles. The van der Waals surface area contributed by atoms with Crippen LogP contribution in [0.1, 0.15) is 37.8 Å². The van der Waals surface area contributed by atoms with Gasteiger partial charge in [0.15, 0.2) is 0 Å². The summed E-state index contributed by atoms with van der Waals surface area (Å²) < 4.78 is 0. The van der Waals surface area contributed by atoms with Crippen molar-refractivity contribution < 1.29 is 0 Å². The maximum atomic E-state index is 2.38. The van der Waals surface area contributed by atoms with E-state index in [1.54, 1.807) is 11.1 Å². The lowest BCUT2D eigenvalue weighted by atomic mass is 9.91. The van der Waals surface area contributed by atoms with Crippen LogP contribution in [-0.2, 0) is 11.8 Å². The minimum Gasteiger partial charge on any atom is -0.0625 e. The van der Waals surface area contributed by atoms with Crippen LogP contribution in [0, 0.1) is 11.8 Å². The van der Waals surface area contributed by atoms with Crippen LogP contribution in [0.5, 0.6) is 0 Å². The number of benzene rings is 1. The highest BCUT2D eigenvalue weighted by atomic mass is 14.6. The van der Waals surface area contributed by atoms with Gasteiger partial charge in [0.05, 0.1) is 0 Å². The van der Waals surface area contributed by atoms with Gasteiger partial charge in [-0.2, -0.15) is 0 Å². The summed E-state index contributed by atoms with van der Waals surface area (Å²) in [5.74, 6) is 1.83. The van der Waals surface area contributed by atoms with Crippen molar-refractivity contribution in [3.63, 3.8) is 0 Å². The Kier molecular flexibility index (Phi) is 1.60. The van der Waals surface area contributed by atoms with E-state index in [0.29, 0.717) is 5.41 Å². The fourth-order valence-electron chi connectivity index (χ4n) is 3.52. The van der Waals surface area contributed by atoms with Gasteiger partial charge in [-0.05, 0) is 47.6 Å². The SMILES string of the molecule is CC(C)C1CC12CCc1ccccc12. The molecule has 0 nitrogen and oxygen atoms in total.